The Morgan fingerprint density at radius 1 is 1.42 bits per heavy atom. The summed E-state index contributed by atoms with van der Waals surface area (Å²) in [5, 5.41) is 15.4. The third kappa shape index (κ3) is 4.29. The van der Waals surface area contributed by atoms with Crippen molar-refractivity contribution in [2.75, 3.05) is 12.3 Å². The zero-order valence-corrected chi connectivity index (χ0v) is 13.5. The molecule has 2 rings (SSSR count). The molecule has 1 amide bonds. The molecular formula is C15H15N3O5S. The number of nitrogens with one attached hydrogen (secondary N) is 1. The van der Waals surface area contributed by atoms with E-state index in [0.717, 1.165) is 10.9 Å². The van der Waals surface area contributed by atoms with E-state index in [1.165, 1.54) is 23.5 Å². The van der Waals surface area contributed by atoms with Gasteiger partial charge in [-0.15, -0.1) is 11.3 Å². The number of ether oxygens (including phenoxy) is 1. The molecular weight excluding hydrogens is 334 g/mol. The number of rotatable bonds is 6. The van der Waals surface area contributed by atoms with Crippen LogP contribution >= 0.6 is 11.3 Å². The number of nitrogen functional groups attached to an aromatic ring is 1. The van der Waals surface area contributed by atoms with E-state index in [1.54, 1.807) is 0 Å². The van der Waals surface area contributed by atoms with Crippen molar-refractivity contribution in [3.05, 3.63) is 56.3 Å². The second kappa shape index (κ2) is 7.55. The molecule has 3 N–H and O–H groups in total. The zero-order chi connectivity index (χ0) is 17.7. The highest BCUT2D eigenvalue weighted by molar-refractivity contribution is 7.10. The number of amides is 1. The molecule has 8 nitrogen and oxygen atoms in total. The molecule has 0 radical (unpaired) electrons. The molecule has 0 unspecified atom stereocenters. The van der Waals surface area contributed by atoms with Crippen LogP contribution in [0, 0.1) is 10.1 Å². The Morgan fingerprint density at radius 2 is 2.17 bits per heavy atom. The highest BCUT2D eigenvalue weighted by atomic mass is 32.1. The third-order valence-electron chi connectivity index (χ3n) is 3.14. The van der Waals surface area contributed by atoms with Gasteiger partial charge in [0.15, 0.2) is 6.61 Å². The minimum absolute atomic E-state index is 0.0463. The summed E-state index contributed by atoms with van der Waals surface area (Å²) in [6, 6.07) is 7.12. The Morgan fingerprint density at radius 3 is 2.79 bits per heavy atom. The molecule has 9 heteroatoms. The molecule has 1 aromatic carbocycles. The van der Waals surface area contributed by atoms with Gasteiger partial charge >= 0.3 is 5.97 Å². The van der Waals surface area contributed by atoms with Crippen LogP contribution < -0.4 is 11.1 Å². The lowest BCUT2D eigenvalue weighted by Gasteiger charge is -2.12. The Kier molecular flexibility index (Phi) is 5.48. The summed E-state index contributed by atoms with van der Waals surface area (Å²) in [6.45, 7) is 1.33. The first kappa shape index (κ1) is 17.4. The minimum Gasteiger partial charge on any atom is -0.452 e. The summed E-state index contributed by atoms with van der Waals surface area (Å²) in [6.07, 6.45) is 0. The second-order valence-corrected chi connectivity index (χ2v) is 5.89. The van der Waals surface area contributed by atoms with Crippen molar-refractivity contribution in [1.29, 1.82) is 0 Å². The van der Waals surface area contributed by atoms with Gasteiger partial charge in [-0.25, -0.2) is 4.79 Å². The van der Waals surface area contributed by atoms with E-state index in [0.29, 0.717) is 0 Å². The fourth-order valence-corrected chi connectivity index (χ4v) is 2.67. The van der Waals surface area contributed by atoms with Crippen molar-refractivity contribution < 1.29 is 19.2 Å². The topological polar surface area (TPSA) is 125 Å². The van der Waals surface area contributed by atoms with Gasteiger partial charge < -0.3 is 15.8 Å². The van der Waals surface area contributed by atoms with Crippen molar-refractivity contribution in [3.63, 3.8) is 0 Å². The molecule has 2 aromatic rings. The molecule has 0 fully saturated rings. The largest absolute Gasteiger partial charge is 0.452 e. The maximum atomic E-state index is 11.9. The predicted molar refractivity (Wildman–Crippen MR) is 88.7 cm³/mol. The molecule has 24 heavy (non-hydrogen) atoms. The van der Waals surface area contributed by atoms with Gasteiger partial charge in [0.25, 0.3) is 11.6 Å². The van der Waals surface area contributed by atoms with Gasteiger partial charge in [0.05, 0.1) is 16.5 Å². The van der Waals surface area contributed by atoms with Gasteiger partial charge in [0, 0.05) is 10.9 Å². The van der Waals surface area contributed by atoms with Gasteiger partial charge in [-0.2, -0.15) is 0 Å². The molecule has 0 aliphatic heterocycles. The van der Waals surface area contributed by atoms with Crippen molar-refractivity contribution in [2.24, 2.45) is 0 Å². The maximum Gasteiger partial charge on any atom is 0.338 e. The number of hydrogen-bond donors (Lipinski definition) is 2. The number of carbonyl (C=O) groups is 2. The minimum atomic E-state index is -0.836. The fourth-order valence-electron chi connectivity index (χ4n) is 1.94. The van der Waals surface area contributed by atoms with E-state index < -0.39 is 23.4 Å². The lowest BCUT2D eigenvalue weighted by atomic mass is 10.2. The van der Waals surface area contributed by atoms with Gasteiger partial charge in [-0.1, -0.05) is 6.07 Å². The number of nitrogens with two attached hydrogens (primary N) is 1. The molecule has 126 valence electrons. The zero-order valence-electron chi connectivity index (χ0n) is 12.7. The lowest BCUT2D eigenvalue weighted by molar-refractivity contribution is -0.383. The number of carbonyl (C=O) groups excluding carboxylic acids is 2. The molecule has 1 aromatic heterocycles. The summed E-state index contributed by atoms with van der Waals surface area (Å²) in [4.78, 5) is 34.8. The smallest absolute Gasteiger partial charge is 0.338 e. The van der Waals surface area contributed by atoms with E-state index in [1.807, 2.05) is 24.4 Å². The number of anilines is 1. The van der Waals surface area contributed by atoms with E-state index in [9.17, 15) is 19.7 Å². The molecule has 0 saturated heterocycles. The lowest BCUT2D eigenvalue weighted by Crippen LogP contribution is -2.30. The van der Waals surface area contributed by atoms with Gasteiger partial charge in [0.2, 0.25) is 0 Å². The van der Waals surface area contributed by atoms with Crippen LogP contribution in [0.3, 0.4) is 0 Å². The number of thiophene rings is 1. The Bertz CT molecular complexity index is 760. The van der Waals surface area contributed by atoms with Crippen molar-refractivity contribution in [2.45, 2.75) is 13.0 Å². The summed E-state index contributed by atoms with van der Waals surface area (Å²) >= 11 is 1.50. The number of hydrogen-bond acceptors (Lipinski definition) is 7. The van der Waals surface area contributed by atoms with Crippen LogP contribution in [0.15, 0.2) is 35.7 Å². The Hall–Kier alpha value is -2.94. The quantitative estimate of drug-likeness (QED) is 0.357. The summed E-state index contributed by atoms with van der Waals surface area (Å²) in [7, 11) is 0. The SMILES string of the molecule is C[C@H](NC(=O)COC(=O)c1ccc(N)c([N+](=O)[O-])c1)c1cccs1. The monoisotopic (exact) mass is 349 g/mol. The normalized spacial score (nSPS) is 11.5. The van der Waals surface area contributed by atoms with Crippen LogP contribution in [-0.4, -0.2) is 23.4 Å². The third-order valence-corrected chi connectivity index (χ3v) is 4.20. The average Bonchev–Trinajstić information content (AvgIpc) is 3.07. The predicted octanol–water partition coefficient (Wildman–Crippen LogP) is 2.27. The highest BCUT2D eigenvalue weighted by Crippen LogP contribution is 2.22. The van der Waals surface area contributed by atoms with Crippen LogP contribution in [0.4, 0.5) is 11.4 Å². The average molecular weight is 349 g/mol. The number of esters is 1. The van der Waals surface area contributed by atoms with Crippen molar-refractivity contribution >= 4 is 34.6 Å². The van der Waals surface area contributed by atoms with E-state index in [-0.39, 0.29) is 23.0 Å². The van der Waals surface area contributed by atoms with Crippen LogP contribution in [-0.2, 0) is 9.53 Å². The first-order chi connectivity index (χ1) is 11.4. The number of benzene rings is 1. The van der Waals surface area contributed by atoms with Crippen LogP contribution in [0.2, 0.25) is 0 Å². The number of nitrogens with zero attached hydrogens (tertiary/aromatic N) is 1. The number of nitro benzene ring substituents is 1. The van der Waals surface area contributed by atoms with Gasteiger partial charge in [0.1, 0.15) is 5.69 Å². The van der Waals surface area contributed by atoms with Crippen LogP contribution in [0.25, 0.3) is 0 Å². The molecule has 1 atom stereocenters. The van der Waals surface area contributed by atoms with E-state index in [2.05, 4.69) is 5.32 Å². The Labute approximate surface area is 141 Å². The summed E-state index contributed by atoms with van der Waals surface area (Å²) < 4.78 is 4.87. The molecule has 1 heterocycles. The maximum absolute atomic E-state index is 11.9. The van der Waals surface area contributed by atoms with Crippen molar-refractivity contribution in [3.8, 4) is 0 Å². The number of nitro groups is 1. The molecule has 0 saturated carbocycles. The standard InChI is InChI=1S/C15H15N3O5S/c1-9(13-3-2-6-24-13)17-14(19)8-23-15(20)10-4-5-11(16)12(7-10)18(21)22/h2-7,9H,8,16H2,1H3,(H,17,19)/t9-/m0/s1. The Balaban J connectivity index is 1.92. The fraction of sp³-hybridized carbons (Fsp3) is 0.200. The second-order valence-electron chi connectivity index (χ2n) is 4.91. The first-order valence-corrected chi connectivity index (χ1v) is 7.80. The van der Waals surface area contributed by atoms with Gasteiger partial charge in [-0.3, -0.25) is 14.9 Å². The van der Waals surface area contributed by atoms with Crippen molar-refractivity contribution in [1.82, 2.24) is 5.32 Å². The summed E-state index contributed by atoms with van der Waals surface area (Å²) in [5.74, 6) is -1.30. The molecule has 0 aliphatic carbocycles. The van der Waals surface area contributed by atoms with Crippen LogP contribution in [0.5, 0.6) is 0 Å². The summed E-state index contributed by atoms with van der Waals surface area (Å²) in [5.41, 5.74) is 4.97. The highest BCUT2D eigenvalue weighted by Gasteiger charge is 2.18. The molecule has 0 spiro atoms. The van der Waals surface area contributed by atoms with E-state index in [4.69, 9.17) is 10.5 Å². The first-order valence-electron chi connectivity index (χ1n) is 6.92. The molecule has 0 bridgehead atoms. The van der Waals surface area contributed by atoms with Gasteiger partial charge in [-0.05, 0) is 30.5 Å². The van der Waals surface area contributed by atoms with Crippen LogP contribution in [0.1, 0.15) is 28.2 Å². The van der Waals surface area contributed by atoms with E-state index >= 15 is 0 Å². The molecule has 0 aliphatic rings.